The topological polar surface area (TPSA) is 62.5 Å². The molecule has 0 saturated heterocycles. The first-order valence-corrected chi connectivity index (χ1v) is 5.85. The van der Waals surface area contributed by atoms with Crippen LogP contribution in [-0.2, 0) is 11.2 Å². The zero-order valence-electron chi connectivity index (χ0n) is 9.91. The van der Waals surface area contributed by atoms with E-state index in [0.29, 0.717) is 12.1 Å². The molecule has 2 N–H and O–H groups in total. The van der Waals surface area contributed by atoms with E-state index < -0.39 is 0 Å². The average Bonchev–Trinajstić information content (AvgIpc) is 2.71. The summed E-state index contributed by atoms with van der Waals surface area (Å²) < 4.78 is 1.36. The zero-order valence-corrected chi connectivity index (χ0v) is 9.91. The molecule has 1 heterocycles. The lowest BCUT2D eigenvalue weighted by atomic mass is 10.1. The van der Waals surface area contributed by atoms with E-state index in [9.17, 15) is 15.0 Å². The number of aldehydes is 1. The quantitative estimate of drug-likeness (QED) is 0.628. The fourth-order valence-electron chi connectivity index (χ4n) is 1.88. The lowest BCUT2D eigenvalue weighted by Crippen LogP contribution is -1.93. The fraction of sp³-hybridized carbons (Fsp3) is 0.214. The van der Waals surface area contributed by atoms with Crippen LogP contribution in [0.2, 0.25) is 0 Å². The van der Waals surface area contributed by atoms with E-state index in [4.69, 9.17) is 0 Å². The highest BCUT2D eigenvalue weighted by molar-refractivity contribution is 5.49. The molecule has 0 atom stereocenters. The molecular weight excluding hydrogens is 230 g/mol. The maximum atomic E-state index is 10.2. The summed E-state index contributed by atoms with van der Waals surface area (Å²) in [4.78, 5) is 10.2. The first-order chi connectivity index (χ1) is 8.72. The summed E-state index contributed by atoms with van der Waals surface area (Å²) in [5.74, 6) is 0.00223. The Kier molecular flexibility index (Phi) is 3.67. The second-order valence-corrected chi connectivity index (χ2v) is 4.11. The van der Waals surface area contributed by atoms with Gasteiger partial charge < -0.3 is 15.0 Å². The Morgan fingerprint density at radius 3 is 2.17 bits per heavy atom. The molecule has 0 saturated carbocycles. The van der Waals surface area contributed by atoms with Gasteiger partial charge in [-0.1, -0.05) is 12.1 Å². The molecule has 4 heteroatoms. The van der Waals surface area contributed by atoms with Crippen LogP contribution in [0.4, 0.5) is 0 Å². The molecule has 0 fully saturated rings. The predicted octanol–water partition coefficient (Wildman–Crippen LogP) is 2.41. The second-order valence-electron chi connectivity index (χ2n) is 4.11. The van der Waals surface area contributed by atoms with E-state index in [1.54, 1.807) is 0 Å². The van der Waals surface area contributed by atoms with Crippen LogP contribution in [0.5, 0.6) is 11.8 Å². The van der Waals surface area contributed by atoms with Crippen LogP contribution < -0.4 is 0 Å². The standard InChI is InChI=1S/C14H15NO3/c16-10-2-1-3-11-4-6-12(7-5-11)15-13(17)8-9-14(15)18/h4-10,17-18H,1-3H2. The van der Waals surface area contributed by atoms with Gasteiger partial charge in [-0.15, -0.1) is 0 Å². The molecule has 0 spiro atoms. The lowest BCUT2D eigenvalue weighted by molar-refractivity contribution is -0.107. The first-order valence-electron chi connectivity index (χ1n) is 5.85. The summed E-state index contributed by atoms with van der Waals surface area (Å²) in [6.45, 7) is 0. The van der Waals surface area contributed by atoms with Gasteiger partial charge in [0.15, 0.2) is 11.8 Å². The van der Waals surface area contributed by atoms with Crippen molar-refractivity contribution in [2.45, 2.75) is 19.3 Å². The molecule has 0 radical (unpaired) electrons. The van der Waals surface area contributed by atoms with Crippen molar-refractivity contribution in [3.8, 4) is 17.4 Å². The summed E-state index contributed by atoms with van der Waals surface area (Å²) in [7, 11) is 0. The third-order valence-electron chi connectivity index (χ3n) is 2.82. The van der Waals surface area contributed by atoms with Gasteiger partial charge in [-0.05, 0) is 30.5 Å². The van der Waals surface area contributed by atoms with E-state index in [-0.39, 0.29) is 11.8 Å². The minimum atomic E-state index is 0.00112. The van der Waals surface area contributed by atoms with Gasteiger partial charge >= 0.3 is 0 Å². The van der Waals surface area contributed by atoms with Gasteiger partial charge in [-0.2, -0.15) is 0 Å². The number of nitrogens with zero attached hydrogens (tertiary/aromatic N) is 1. The highest BCUT2D eigenvalue weighted by Gasteiger charge is 2.07. The van der Waals surface area contributed by atoms with E-state index in [1.807, 2.05) is 24.3 Å². The van der Waals surface area contributed by atoms with Crippen molar-refractivity contribution in [3.63, 3.8) is 0 Å². The summed E-state index contributed by atoms with van der Waals surface area (Å²) >= 11 is 0. The highest BCUT2D eigenvalue weighted by Crippen LogP contribution is 2.26. The van der Waals surface area contributed by atoms with Crippen molar-refractivity contribution < 1.29 is 15.0 Å². The number of carbonyl (C=O) groups excluding carboxylic acids is 1. The SMILES string of the molecule is O=CCCCc1ccc(-n2c(O)ccc2O)cc1. The number of hydrogen-bond donors (Lipinski definition) is 2. The van der Waals surface area contributed by atoms with Crippen LogP contribution in [-0.4, -0.2) is 21.1 Å². The van der Waals surface area contributed by atoms with Crippen molar-refractivity contribution in [2.24, 2.45) is 0 Å². The second kappa shape index (κ2) is 5.40. The molecule has 1 aromatic heterocycles. The maximum Gasteiger partial charge on any atom is 0.198 e. The fourth-order valence-corrected chi connectivity index (χ4v) is 1.88. The summed E-state index contributed by atoms with van der Waals surface area (Å²) in [6.07, 6.45) is 3.18. The van der Waals surface area contributed by atoms with Gasteiger partial charge in [0.2, 0.25) is 0 Å². The Balaban J connectivity index is 2.15. The number of rotatable bonds is 5. The minimum Gasteiger partial charge on any atom is -0.494 e. The molecule has 2 rings (SSSR count). The maximum absolute atomic E-state index is 10.2. The number of hydrogen-bond acceptors (Lipinski definition) is 3. The Bertz CT molecular complexity index is 509. The van der Waals surface area contributed by atoms with Crippen molar-refractivity contribution in [2.75, 3.05) is 0 Å². The Morgan fingerprint density at radius 1 is 1.00 bits per heavy atom. The Hall–Kier alpha value is -2.23. The molecule has 2 aromatic rings. The van der Waals surface area contributed by atoms with Gasteiger partial charge in [0.25, 0.3) is 0 Å². The number of aromatic nitrogens is 1. The highest BCUT2D eigenvalue weighted by atomic mass is 16.3. The molecule has 94 valence electrons. The van der Waals surface area contributed by atoms with Crippen molar-refractivity contribution in [1.82, 2.24) is 4.57 Å². The number of aryl methyl sites for hydroxylation is 1. The average molecular weight is 245 g/mol. The normalized spacial score (nSPS) is 10.4. The molecular formula is C14H15NO3. The molecule has 0 aliphatic carbocycles. The number of carbonyl (C=O) groups is 1. The molecule has 0 bridgehead atoms. The van der Waals surface area contributed by atoms with Crippen LogP contribution in [0.25, 0.3) is 5.69 Å². The summed E-state index contributed by atoms with van der Waals surface area (Å²) in [5, 5.41) is 19.2. The van der Waals surface area contributed by atoms with Gasteiger partial charge in [-0.25, -0.2) is 0 Å². The van der Waals surface area contributed by atoms with Crippen LogP contribution in [0.1, 0.15) is 18.4 Å². The molecule has 1 aromatic carbocycles. The van der Waals surface area contributed by atoms with Gasteiger partial charge in [0.1, 0.15) is 6.29 Å². The molecule has 4 nitrogen and oxygen atoms in total. The third-order valence-corrected chi connectivity index (χ3v) is 2.82. The molecule has 0 amide bonds. The molecule has 0 aliphatic rings. The van der Waals surface area contributed by atoms with Crippen LogP contribution in [0.15, 0.2) is 36.4 Å². The first kappa shape index (κ1) is 12.2. The Morgan fingerprint density at radius 2 is 1.61 bits per heavy atom. The van der Waals surface area contributed by atoms with Gasteiger partial charge in [0.05, 0.1) is 5.69 Å². The largest absolute Gasteiger partial charge is 0.494 e. The number of unbranched alkanes of at least 4 members (excludes halogenated alkanes) is 1. The molecule has 0 aliphatic heterocycles. The van der Waals surface area contributed by atoms with Crippen LogP contribution in [0, 0.1) is 0 Å². The van der Waals surface area contributed by atoms with Crippen molar-refractivity contribution in [1.29, 1.82) is 0 Å². The summed E-state index contributed by atoms with van der Waals surface area (Å²) in [5.41, 5.74) is 1.83. The summed E-state index contributed by atoms with van der Waals surface area (Å²) in [6, 6.07) is 10.4. The third kappa shape index (κ3) is 2.53. The van der Waals surface area contributed by atoms with E-state index in [0.717, 1.165) is 24.7 Å². The minimum absolute atomic E-state index is 0.00112. The van der Waals surface area contributed by atoms with E-state index >= 15 is 0 Å². The number of aromatic hydroxyl groups is 2. The smallest absolute Gasteiger partial charge is 0.198 e. The molecule has 0 unspecified atom stereocenters. The van der Waals surface area contributed by atoms with Crippen molar-refractivity contribution >= 4 is 6.29 Å². The van der Waals surface area contributed by atoms with Crippen molar-refractivity contribution in [3.05, 3.63) is 42.0 Å². The van der Waals surface area contributed by atoms with E-state index in [2.05, 4.69) is 0 Å². The predicted molar refractivity (Wildman–Crippen MR) is 68.1 cm³/mol. The number of benzene rings is 1. The lowest BCUT2D eigenvalue weighted by Gasteiger charge is -2.07. The van der Waals surface area contributed by atoms with E-state index in [1.165, 1.54) is 16.7 Å². The zero-order chi connectivity index (χ0) is 13.0. The monoisotopic (exact) mass is 245 g/mol. The molecule has 18 heavy (non-hydrogen) atoms. The van der Waals surface area contributed by atoms with Gasteiger partial charge in [-0.3, -0.25) is 4.57 Å². The van der Waals surface area contributed by atoms with Crippen LogP contribution >= 0.6 is 0 Å². The Labute approximate surface area is 105 Å². The van der Waals surface area contributed by atoms with Crippen LogP contribution in [0.3, 0.4) is 0 Å². The van der Waals surface area contributed by atoms with Gasteiger partial charge in [0, 0.05) is 18.6 Å².